The van der Waals surface area contributed by atoms with E-state index >= 15 is 0 Å². The van der Waals surface area contributed by atoms with Crippen LogP contribution in [0, 0.1) is 13.8 Å². The maximum Gasteiger partial charge on any atom is 0.248 e. The fourth-order valence-corrected chi connectivity index (χ4v) is 2.68. The summed E-state index contributed by atoms with van der Waals surface area (Å²) in [5.41, 5.74) is 3.04. The van der Waals surface area contributed by atoms with Gasteiger partial charge in [-0.25, -0.2) is 0 Å². The third-order valence-corrected chi connectivity index (χ3v) is 3.99. The maximum atomic E-state index is 12.0. The molecule has 6 heteroatoms. The van der Waals surface area contributed by atoms with Gasteiger partial charge in [-0.2, -0.15) is 0 Å². The number of nitrogens with zero attached hydrogens (tertiary/aromatic N) is 2. The Morgan fingerprint density at radius 1 is 1.29 bits per heavy atom. The summed E-state index contributed by atoms with van der Waals surface area (Å²) in [7, 11) is 0. The first-order valence-corrected chi connectivity index (χ1v) is 7.87. The molecule has 1 aliphatic heterocycles. The molecule has 1 saturated heterocycles. The standard InChI is InChI=1S/C18H19N3O3/c1-12-18(13(2)24-20-12)19-16(22)10-7-14-5-8-15(9-6-14)21-11-3-4-17(21)23/h5-10H,3-4,11H2,1-2H3,(H,19,22)/b10-7-. The predicted molar refractivity (Wildman–Crippen MR) is 91.7 cm³/mol. The quantitative estimate of drug-likeness (QED) is 0.877. The number of anilines is 2. The largest absolute Gasteiger partial charge is 0.359 e. The molecule has 1 fully saturated rings. The molecule has 0 unspecified atom stereocenters. The molecule has 1 aromatic carbocycles. The topological polar surface area (TPSA) is 75.4 Å². The van der Waals surface area contributed by atoms with Gasteiger partial charge in [0.2, 0.25) is 11.8 Å². The lowest BCUT2D eigenvalue weighted by molar-refractivity contribution is -0.117. The molecule has 0 bridgehead atoms. The molecule has 2 aromatic rings. The summed E-state index contributed by atoms with van der Waals surface area (Å²) < 4.78 is 5.01. The van der Waals surface area contributed by atoms with Crippen molar-refractivity contribution >= 4 is 29.3 Å². The number of aryl methyl sites for hydroxylation is 2. The van der Waals surface area contributed by atoms with Crippen LogP contribution in [0.15, 0.2) is 34.9 Å². The van der Waals surface area contributed by atoms with Crippen molar-refractivity contribution in [2.24, 2.45) is 0 Å². The van der Waals surface area contributed by atoms with Gasteiger partial charge >= 0.3 is 0 Å². The Morgan fingerprint density at radius 3 is 2.62 bits per heavy atom. The molecule has 2 amide bonds. The van der Waals surface area contributed by atoms with Gasteiger partial charge in [0.25, 0.3) is 0 Å². The van der Waals surface area contributed by atoms with E-state index in [2.05, 4.69) is 10.5 Å². The highest BCUT2D eigenvalue weighted by Crippen LogP contribution is 2.22. The Balaban J connectivity index is 1.64. The first kappa shape index (κ1) is 16.0. The van der Waals surface area contributed by atoms with E-state index in [-0.39, 0.29) is 11.8 Å². The van der Waals surface area contributed by atoms with E-state index in [9.17, 15) is 9.59 Å². The van der Waals surface area contributed by atoms with Gasteiger partial charge in [-0.1, -0.05) is 17.3 Å². The van der Waals surface area contributed by atoms with E-state index in [1.54, 1.807) is 24.8 Å². The molecule has 1 aromatic heterocycles. The third-order valence-electron chi connectivity index (χ3n) is 3.99. The molecule has 0 atom stereocenters. The second kappa shape index (κ2) is 6.70. The van der Waals surface area contributed by atoms with Crippen molar-refractivity contribution in [2.75, 3.05) is 16.8 Å². The zero-order valence-corrected chi connectivity index (χ0v) is 13.7. The van der Waals surface area contributed by atoms with E-state index in [1.807, 2.05) is 24.3 Å². The lowest BCUT2D eigenvalue weighted by Crippen LogP contribution is -2.23. The smallest absolute Gasteiger partial charge is 0.248 e. The summed E-state index contributed by atoms with van der Waals surface area (Å²) in [5.74, 6) is 0.495. The SMILES string of the molecule is Cc1noc(C)c1NC(=O)/C=C\c1ccc(N2CCCC2=O)cc1. The molecule has 0 aliphatic carbocycles. The lowest BCUT2D eigenvalue weighted by atomic mass is 10.2. The molecule has 24 heavy (non-hydrogen) atoms. The molecule has 0 radical (unpaired) electrons. The predicted octanol–water partition coefficient (Wildman–Crippen LogP) is 3.07. The number of rotatable bonds is 4. The van der Waals surface area contributed by atoms with Crippen LogP contribution < -0.4 is 10.2 Å². The Hall–Kier alpha value is -2.89. The van der Waals surface area contributed by atoms with Gasteiger partial charge in [-0.15, -0.1) is 0 Å². The van der Waals surface area contributed by atoms with E-state index in [4.69, 9.17) is 4.52 Å². The fraction of sp³-hybridized carbons (Fsp3) is 0.278. The number of benzene rings is 1. The Labute approximate surface area is 140 Å². The summed E-state index contributed by atoms with van der Waals surface area (Å²) in [5, 5.41) is 6.55. The molecule has 6 nitrogen and oxygen atoms in total. The zero-order valence-electron chi connectivity index (χ0n) is 13.7. The van der Waals surface area contributed by atoms with Crippen LogP contribution in [0.3, 0.4) is 0 Å². The number of aromatic nitrogens is 1. The van der Waals surface area contributed by atoms with Crippen molar-refractivity contribution in [1.82, 2.24) is 5.16 Å². The summed E-state index contributed by atoms with van der Waals surface area (Å²) in [6.45, 7) is 4.29. The van der Waals surface area contributed by atoms with Crippen LogP contribution in [0.4, 0.5) is 11.4 Å². The number of nitrogens with one attached hydrogen (secondary N) is 1. The van der Waals surface area contributed by atoms with Gasteiger partial charge in [0.05, 0.1) is 0 Å². The molecule has 1 N–H and O–H groups in total. The number of hydrogen-bond donors (Lipinski definition) is 1. The summed E-state index contributed by atoms with van der Waals surface area (Å²) >= 11 is 0. The summed E-state index contributed by atoms with van der Waals surface area (Å²) in [6.07, 6.45) is 4.71. The van der Waals surface area contributed by atoms with Gasteiger partial charge in [0.15, 0.2) is 5.76 Å². The van der Waals surface area contributed by atoms with Crippen LogP contribution in [-0.4, -0.2) is 23.5 Å². The highest BCUT2D eigenvalue weighted by Gasteiger charge is 2.21. The van der Waals surface area contributed by atoms with Crippen molar-refractivity contribution < 1.29 is 14.1 Å². The second-order valence-electron chi connectivity index (χ2n) is 5.76. The van der Waals surface area contributed by atoms with E-state index < -0.39 is 0 Å². The van der Waals surface area contributed by atoms with Crippen LogP contribution in [0.1, 0.15) is 29.9 Å². The van der Waals surface area contributed by atoms with Crippen LogP contribution in [-0.2, 0) is 9.59 Å². The van der Waals surface area contributed by atoms with E-state index in [0.29, 0.717) is 23.6 Å². The average Bonchev–Trinajstić information content (AvgIpc) is 3.14. The minimum Gasteiger partial charge on any atom is -0.359 e. The molecule has 2 heterocycles. The number of hydrogen-bond acceptors (Lipinski definition) is 4. The zero-order chi connectivity index (χ0) is 17.1. The molecular weight excluding hydrogens is 306 g/mol. The first-order valence-electron chi connectivity index (χ1n) is 7.87. The minimum atomic E-state index is -0.247. The second-order valence-corrected chi connectivity index (χ2v) is 5.76. The Kier molecular flexibility index (Phi) is 4.46. The van der Waals surface area contributed by atoms with Gasteiger partial charge < -0.3 is 14.7 Å². The minimum absolute atomic E-state index is 0.164. The van der Waals surface area contributed by atoms with Crippen molar-refractivity contribution in [2.45, 2.75) is 26.7 Å². The number of amides is 2. The molecule has 1 aliphatic rings. The van der Waals surface area contributed by atoms with Crippen LogP contribution in [0.25, 0.3) is 6.08 Å². The monoisotopic (exact) mass is 325 g/mol. The van der Waals surface area contributed by atoms with Crippen molar-refractivity contribution in [3.05, 3.63) is 47.4 Å². The Bertz CT molecular complexity index is 771. The van der Waals surface area contributed by atoms with Crippen molar-refractivity contribution in [3.63, 3.8) is 0 Å². The maximum absolute atomic E-state index is 12.0. The van der Waals surface area contributed by atoms with E-state index in [0.717, 1.165) is 24.2 Å². The molecular formula is C18H19N3O3. The van der Waals surface area contributed by atoms with Crippen molar-refractivity contribution in [1.29, 1.82) is 0 Å². The van der Waals surface area contributed by atoms with Gasteiger partial charge in [0.1, 0.15) is 11.4 Å². The van der Waals surface area contributed by atoms with Gasteiger partial charge in [0, 0.05) is 24.7 Å². The van der Waals surface area contributed by atoms with Crippen LogP contribution >= 0.6 is 0 Å². The average molecular weight is 325 g/mol. The highest BCUT2D eigenvalue weighted by atomic mass is 16.5. The molecule has 124 valence electrons. The normalized spacial score (nSPS) is 14.6. The number of carbonyl (C=O) groups excluding carboxylic acids is 2. The van der Waals surface area contributed by atoms with Crippen LogP contribution in [0.2, 0.25) is 0 Å². The molecule has 0 spiro atoms. The highest BCUT2D eigenvalue weighted by molar-refractivity contribution is 6.02. The molecule has 3 rings (SSSR count). The van der Waals surface area contributed by atoms with Crippen LogP contribution in [0.5, 0.6) is 0 Å². The third kappa shape index (κ3) is 3.37. The van der Waals surface area contributed by atoms with Crippen molar-refractivity contribution in [3.8, 4) is 0 Å². The fourth-order valence-electron chi connectivity index (χ4n) is 2.68. The van der Waals surface area contributed by atoms with Gasteiger partial charge in [-0.3, -0.25) is 9.59 Å². The van der Waals surface area contributed by atoms with Gasteiger partial charge in [-0.05, 0) is 44.0 Å². The lowest BCUT2D eigenvalue weighted by Gasteiger charge is -2.15. The summed E-state index contributed by atoms with van der Waals surface area (Å²) in [4.78, 5) is 25.5. The Morgan fingerprint density at radius 2 is 2.04 bits per heavy atom. The number of carbonyl (C=O) groups is 2. The summed E-state index contributed by atoms with van der Waals surface area (Å²) in [6, 6.07) is 7.57. The molecule has 0 saturated carbocycles. The van der Waals surface area contributed by atoms with E-state index in [1.165, 1.54) is 6.08 Å². The first-order chi connectivity index (χ1) is 11.5.